The Morgan fingerprint density at radius 3 is 2.47 bits per heavy atom. The molecule has 0 spiro atoms. The molecule has 0 N–H and O–H groups in total. The van der Waals surface area contributed by atoms with E-state index in [0.717, 1.165) is 24.7 Å². The minimum absolute atomic E-state index is 0.782. The molecule has 78 valence electrons. The lowest BCUT2D eigenvalue weighted by Crippen LogP contribution is -2.02. The largest absolute Gasteiger partial charge is 0.277 e. The van der Waals surface area contributed by atoms with Crippen LogP contribution in [0.25, 0.3) is 5.82 Å². The van der Waals surface area contributed by atoms with Gasteiger partial charge in [0.2, 0.25) is 0 Å². The molecule has 0 saturated heterocycles. The molecular formula is C9H8I2N4. The van der Waals surface area contributed by atoms with Crippen molar-refractivity contribution >= 4 is 45.2 Å². The fraction of sp³-hybridized carbons (Fsp3) is 0.222. The van der Waals surface area contributed by atoms with E-state index in [9.17, 15) is 0 Å². The van der Waals surface area contributed by atoms with Gasteiger partial charge >= 0.3 is 0 Å². The second kappa shape index (κ2) is 4.32. The second-order valence-corrected chi connectivity index (χ2v) is 5.15. The third kappa shape index (κ3) is 2.30. The van der Waals surface area contributed by atoms with Gasteiger partial charge in [0.15, 0.2) is 0 Å². The van der Waals surface area contributed by atoms with E-state index in [1.54, 1.807) is 6.33 Å². The van der Waals surface area contributed by atoms with E-state index in [1.165, 1.54) is 0 Å². The van der Waals surface area contributed by atoms with Gasteiger partial charge in [-0.25, -0.2) is 15.0 Å². The Hall–Kier alpha value is -0.250. The van der Waals surface area contributed by atoms with Crippen molar-refractivity contribution in [1.29, 1.82) is 0 Å². The Kier molecular flexibility index (Phi) is 3.24. The third-order valence-corrected chi connectivity index (χ3v) is 4.72. The first-order valence-electron chi connectivity index (χ1n) is 4.29. The minimum Gasteiger partial charge on any atom is -0.277 e. The maximum atomic E-state index is 4.38. The molecule has 0 aliphatic rings. The summed E-state index contributed by atoms with van der Waals surface area (Å²) >= 11 is 4.47. The molecule has 2 aromatic heterocycles. The molecule has 2 heterocycles. The minimum atomic E-state index is 0.782. The Morgan fingerprint density at radius 1 is 1.20 bits per heavy atom. The van der Waals surface area contributed by atoms with E-state index >= 15 is 0 Å². The molecule has 0 unspecified atom stereocenters. The first kappa shape index (κ1) is 11.2. The molecule has 0 amide bonds. The average molecular weight is 426 g/mol. The van der Waals surface area contributed by atoms with Crippen molar-refractivity contribution in [1.82, 2.24) is 19.5 Å². The smallest absolute Gasteiger partial charge is 0.142 e. The molecule has 0 aliphatic heterocycles. The fourth-order valence-corrected chi connectivity index (χ4v) is 2.19. The monoisotopic (exact) mass is 426 g/mol. The van der Waals surface area contributed by atoms with Crippen LogP contribution in [0.1, 0.15) is 11.5 Å². The fourth-order valence-electron chi connectivity index (χ4n) is 1.29. The topological polar surface area (TPSA) is 43.6 Å². The van der Waals surface area contributed by atoms with Crippen LogP contribution in [0.3, 0.4) is 0 Å². The number of aromatic nitrogens is 4. The predicted octanol–water partition coefficient (Wildman–Crippen LogP) is 2.49. The highest BCUT2D eigenvalue weighted by Crippen LogP contribution is 2.17. The van der Waals surface area contributed by atoms with Gasteiger partial charge < -0.3 is 0 Å². The summed E-state index contributed by atoms with van der Waals surface area (Å²) in [6.07, 6.45) is 1.78. The Morgan fingerprint density at radius 2 is 1.93 bits per heavy atom. The predicted molar refractivity (Wildman–Crippen MR) is 74.1 cm³/mol. The number of nitrogens with zero attached hydrogens (tertiary/aromatic N) is 4. The summed E-state index contributed by atoms with van der Waals surface area (Å²) in [5, 5.41) is 0. The highest BCUT2D eigenvalue weighted by molar-refractivity contribution is 14.1. The average Bonchev–Trinajstić information content (AvgIpc) is 2.46. The molecule has 6 heteroatoms. The molecule has 2 aromatic rings. The highest BCUT2D eigenvalue weighted by atomic mass is 127. The molecule has 0 atom stereocenters. The van der Waals surface area contributed by atoms with Crippen LogP contribution in [0.15, 0.2) is 12.4 Å². The van der Waals surface area contributed by atoms with Crippen LogP contribution < -0.4 is 0 Å². The number of halogens is 2. The maximum absolute atomic E-state index is 4.38. The third-order valence-electron chi connectivity index (χ3n) is 1.87. The van der Waals surface area contributed by atoms with Crippen LogP contribution in [0.4, 0.5) is 0 Å². The van der Waals surface area contributed by atoms with Gasteiger partial charge in [-0.15, -0.1) is 0 Å². The first-order valence-corrected chi connectivity index (χ1v) is 6.44. The number of hydrogen-bond acceptors (Lipinski definition) is 3. The van der Waals surface area contributed by atoms with E-state index in [-0.39, 0.29) is 0 Å². The summed E-state index contributed by atoms with van der Waals surface area (Å²) < 4.78 is 4.03. The summed E-state index contributed by atoms with van der Waals surface area (Å²) in [6, 6.07) is 1.95. The van der Waals surface area contributed by atoms with Gasteiger partial charge in [-0.2, -0.15) is 0 Å². The quantitative estimate of drug-likeness (QED) is 0.659. The van der Waals surface area contributed by atoms with E-state index < -0.39 is 0 Å². The lowest BCUT2D eigenvalue weighted by Gasteiger charge is -2.04. The van der Waals surface area contributed by atoms with Gasteiger partial charge in [0.25, 0.3) is 0 Å². The number of imidazole rings is 1. The Balaban J connectivity index is 2.58. The van der Waals surface area contributed by atoms with Gasteiger partial charge in [-0.1, -0.05) is 0 Å². The van der Waals surface area contributed by atoms with Crippen molar-refractivity contribution in [2.24, 2.45) is 0 Å². The standard InChI is InChI=1S/C9H8I2N4/c1-5-3-7(14-6(2)13-5)15-4-12-8(10)9(15)11/h3-4H,1-2H3. The van der Waals surface area contributed by atoms with Gasteiger partial charge in [0.05, 0.1) is 0 Å². The first-order chi connectivity index (χ1) is 7.08. The molecule has 0 saturated carbocycles. The molecule has 2 rings (SSSR count). The summed E-state index contributed by atoms with van der Waals surface area (Å²) in [5.41, 5.74) is 0.969. The van der Waals surface area contributed by atoms with Crippen LogP contribution in [-0.4, -0.2) is 19.5 Å². The maximum Gasteiger partial charge on any atom is 0.142 e. The van der Waals surface area contributed by atoms with Crippen molar-refractivity contribution in [2.75, 3.05) is 0 Å². The molecule has 0 aromatic carbocycles. The zero-order chi connectivity index (χ0) is 11.0. The molecular weight excluding hydrogens is 418 g/mol. The SMILES string of the molecule is Cc1cc(-n2cnc(I)c2I)nc(C)n1. The van der Waals surface area contributed by atoms with Crippen molar-refractivity contribution in [3.63, 3.8) is 0 Å². The molecule has 4 nitrogen and oxygen atoms in total. The Bertz CT molecular complexity index is 487. The summed E-state index contributed by atoms with van der Waals surface area (Å²) in [7, 11) is 0. The summed E-state index contributed by atoms with van der Waals surface area (Å²) in [5.74, 6) is 1.66. The zero-order valence-electron chi connectivity index (χ0n) is 8.20. The van der Waals surface area contributed by atoms with E-state index in [4.69, 9.17) is 0 Å². The van der Waals surface area contributed by atoms with Crippen LogP contribution in [0, 0.1) is 21.2 Å². The number of hydrogen-bond donors (Lipinski definition) is 0. The lowest BCUT2D eigenvalue weighted by molar-refractivity contribution is 0.906. The van der Waals surface area contributed by atoms with Crippen LogP contribution in [-0.2, 0) is 0 Å². The molecule has 0 aliphatic carbocycles. The molecule has 15 heavy (non-hydrogen) atoms. The van der Waals surface area contributed by atoms with Crippen molar-refractivity contribution in [2.45, 2.75) is 13.8 Å². The normalized spacial score (nSPS) is 10.7. The number of aryl methyl sites for hydroxylation is 2. The van der Waals surface area contributed by atoms with Crippen LogP contribution in [0.5, 0.6) is 0 Å². The lowest BCUT2D eigenvalue weighted by atomic mass is 10.4. The van der Waals surface area contributed by atoms with Gasteiger partial charge in [0.1, 0.15) is 25.4 Å². The Labute approximate surface area is 115 Å². The van der Waals surface area contributed by atoms with Crippen LogP contribution >= 0.6 is 45.2 Å². The van der Waals surface area contributed by atoms with Crippen molar-refractivity contribution in [3.8, 4) is 5.82 Å². The summed E-state index contributed by atoms with van der Waals surface area (Å²) in [4.78, 5) is 12.9. The van der Waals surface area contributed by atoms with Gasteiger partial charge in [0, 0.05) is 11.8 Å². The van der Waals surface area contributed by atoms with E-state index in [1.807, 2.05) is 24.5 Å². The van der Waals surface area contributed by atoms with Crippen molar-refractivity contribution in [3.05, 3.63) is 31.3 Å². The van der Waals surface area contributed by atoms with Crippen molar-refractivity contribution < 1.29 is 0 Å². The van der Waals surface area contributed by atoms with Gasteiger partial charge in [-0.05, 0) is 59.0 Å². The molecule has 0 bridgehead atoms. The van der Waals surface area contributed by atoms with Gasteiger partial charge in [-0.3, -0.25) is 4.57 Å². The second-order valence-electron chi connectivity index (χ2n) is 3.11. The highest BCUT2D eigenvalue weighted by Gasteiger charge is 2.08. The van der Waals surface area contributed by atoms with Crippen LogP contribution in [0.2, 0.25) is 0 Å². The zero-order valence-corrected chi connectivity index (χ0v) is 12.5. The number of rotatable bonds is 1. The molecule has 0 radical (unpaired) electrons. The van der Waals surface area contributed by atoms with E-state index in [0.29, 0.717) is 0 Å². The van der Waals surface area contributed by atoms with E-state index in [2.05, 4.69) is 60.1 Å². The summed E-state index contributed by atoms with van der Waals surface area (Å²) in [6.45, 7) is 3.86. The molecule has 0 fully saturated rings.